The fraction of sp³-hybridized carbons (Fsp3) is 0.625. The van der Waals surface area contributed by atoms with Crippen molar-refractivity contribution in [3.05, 3.63) is 11.1 Å². The van der Waals surface area contributed by atoms with E-state index in [0.717, 1.165) is 24.3 Å². The predicted molar refractivity (Wildman–Crippen MR) is 52.2 cm³/mol. The standard InChI is InChI=1S/C8H15NOS/c1-3-4-5-11(10)6-8(2)9-7-11/h6-7,10H,3-5H2,1-2H3. The first kappa shape index (κ1) is 8.81. The van der Waals surface area contributed by atoms with Crippen LogP contribution in [0.3, 0.4) is 0 Å². The lowest BCUT2D eigenvalue weighted by atomic mass is 10.4. The Hall–Kier alpha value is -0.280. The summed E-state index contributed by atoms with van der Waals surface area (Å²) in [4.78, 5) is 4.07. The number of nitrogens with zero attached hydrogens (tertiary/aromatic N) is 1. The first-order valence-corrected chi connectivity index (χ1v) is 5.81. The van der Waals surface area contributed by atoms with Crippen molar-refractivity contribution in [2.24, 2.45) is 4.99 Å². The molecule has 0 aromatic heterocycles. The Balaban J connectivity index is 2.50. The topological polar surface area (TPSA) is 32.6 Å². The van der Waals surface area contributed by atoms with Gasteiger partial charge in [0.1, 0.15) is 0 Å². The summed E-state index contributed by atoms with van der Waals surface area (Å²) >= 11 is 0. The van der Waals surface area contributed by atoms with Gasteiger partial charge >= 0.3 is 0 Å². The van der Waals surface area contributed by atoms with Crippen LogP contribution in [0.4, 0.5) is 0 Å². The molecule has 0 saturated carbocycles. The van der Waals surface area contributed by atoms with Crippen LogP contribution in [0.1, 0.15) is 26.7 Å². The number of allylic oxidation sites excluding steroid dienone is 1. The summed E-state index contributed by atoms with van der Waals surface area (Å²) in [6.07, 6.45) is 2.22. The van der Waals surface area contributed by atoms with Crippen LogP contribution in [0.25, 0.3) is 0 Å². The van der Waals surface area contributed by atoms with Crippen LogP contribution < -0.4 is 0 Å². The Labute approximate surface area is 69.6 Å². The Morgan fingerprint density at radius 1 is 1.64 bits per heavy atom. The second kappa shape index (κ2) is 3.41. The van der Waals surface area contributed by atoms with Gasteiger partial charge < -0.3 is 4.55 Å². The molecule has 1 aliphatic heterocycles. The monoisotopic (exact) mass is 173 g/mol. The van der Waals surface area contributed by atoms with E-state index in [0.29, 0.717) is 0 Å². The first-order chi connectivity index (χ1) is 5.16. The number of hydrogen-bond acceptors (Lipinski definition) is 2. The van der Waals surface area contributed by atoms with Gasteiger partial charge in [-0.05, 0) is 13.3 Å². The molecule has 0 spiro atoms. The van der Waals surface area contributed by atoms with Crippen molar-refractivity contribution in [2.45, 2.75) is 26.7 Å². The lowest BCUT2D eigenvalue weighted by Gasteiger charge is -2.21. The molecule has 0 aliphatic carbocycles. The van der Waals surface area contributed by atoms with E-state index >= 15 is 0 Å². The summed E-state index contributed by atoms with van der Waals surface area (Å²) in [5, 5.41) is 1.91. The molecular formula is C8H15NOS. The van der Waals surface area contributed by atoms with E-state index in [1.807, 2.05) is 12.3 Å². The average molecular weight is 173 g/mol. The molecule has 0 radical (unpaired) electrons. The van der Waals surface area contributed by atoms with E-state index in [2.05, 4.69) is 11.9 Å². The lowest BCUT2D eigenvalue weighted by Crippen LogP contribution is -1.98. The molecule has 1 rings (SSSR count). The Bertz CT molecular complexity index is 200. The second-order valence-electron chi connectivity index (χ2n) is 2.86. The number of aliphatic imine (C=N–C) groups is 1. The highest BCUT2D eigenvalue weighted by Crippen LogP contribution is 2.47. The molecule has 1 N–H and O–H groups in total. The fourth-order valence-corrected chi connectivity index (χ4v) is 3.05. The van der Waals surface area contributed by atoms with E-state index in [9.17, 15) is 4.55 Å². The van der Waals surface area contributed by atoms with Crippen molar-refractivity contribution < 1.29 is 4.55 Å². The van der Waals surface area contributed by atoms with Crippen LogP contribution in [-0.4, -0.2) is 15.9 Å². The maximum atomic E-state index is 9.85. The Kier molecular flexibility index (Phi) is 2.73. The van der Waals surface area contributed by atoms with Crippen LogP contribution >= 0.6 is 10.3 Å². The molecule has 2 nitrogen and oxygen atoms in total. The zero-order valence-corrected chi connectivity index (χ0v) is 7.90. The fourth-order valence-electron chi connectivity index (χ4n) is 1.02. The molecule has 0 aromatic carbocycles. The van der Waals surface area contributed by atoms with Gasteiger partial charge in [-0.2, -0.15) is 0 Å². The zero-order valence-electron chi connectivity index (χ0n) is 7.08. The molecule has 0 amide bonds. The van der Waals surface area contributed by atoms with Crippen molar-refractivity contribution in [3.63, 3.8) is 0 Å². The SMILES string of the molecule is CCCCS1(O)C=NC(C)=C1. The van der Waals surface area contributed by atoms with Crippen molar-refractivity contribution in [1.82, 2.24) is 0 Å². The highest BCUT2D eigenvalue weighted by atomic mass is 32.3. The molecule has 0 fully saturated rings. The minimum Gasteiger partial charge on any atom is -0.342 e. The van der Waals surface area contributed by atoms with E-state index < -0.39 is 10.3 Å². The van der Waals surface area contributed by atoms with Crippen LogP contribution in [0, 0.1) is 0 Å². The van der Waals surface area contributed by atoms with Crippen LogP contribution in [0.15, 0.2) is 16.1 Å². The largest absolute Gasteiger partial charge is 0.342 e. The smallest absolute Gasteiger partial charge is 0.0687 e. The van der Waals surface area contributed by atoms with Gasteiger partial charge in [0, 0.05) is 16.9 Å². The van der Waals surface area contributed by atoms with Gasteiger partial charge in [-0.3, -0.25) is 4.99 Å². The zero-order chi connectivity index (χ0) is 8.32. The van der Waals surface area contributed by atoms with E-state index in [4.69, 9.17) is 0 Å². The quantitative estimate of drug-likeness (QED) is 0.699. The first-order valence-electron chi connectivity index (χ1n) is 3.92. The minimum absolute atomic E-state index is 0.879. The lowest BCUT2D eigenvalue weighted by molar-refractivity contribution is 0.643. The maximum absolute atomic E-state index is 9.85. The van der Waals surface area contributed by atoms with Gasteiger partial charge in [0.2, 0.25) is 0 Å². The van der Waals surface area contributed by atoms with Gasteiger partial charge in [-0.25, -0.2) is 0 Å². The second-order valence-corrected chi connectivity index (χ2v) is 5.33. The predicted octanol–water partition coefficient (Wildman–Crippen LogP) is 2.97. The number of unbranched alkanes of at least 4 members (excludes halogenated alkanes) is 1. The molecular weight excluding hydrogens is 158 g/mol. The van der Waals surface area contributed by atoms with Crippen molar-refractivity contribution in [2.75, 3.05) is 5.75 Å². The molecule has 64 valence electrons. The molecule has 1 aliphatic rings. The van der Waals surface area contributed by atoms with Crippen LogP contribution in [0.5, 0.6) is 0 Å². The highest BCUT2D eigenvalue weighted by Gasteiger charge is 2.18. The van der Waals surface area contributed by atoms with E-state index in [-0.39, 0.29) is 0 Å². The Morgan fingerprint density at radius 3 is 2.82 bits per heavy atom. The summed E-state index contributed by atoms with van der Waals surface area (Å²) in [7, 11) is -1.57. The molecule has 11 heavy (non-hydrogen) atoms. The van der Waals surface area contributed by atoms with Crippen LogP contribution in [0.2, 0.25) is 0 Å². The molecule has 1 atom stereocenters. The van der Waals surface area contributed by atoms with Crippen molar-refractivity contribution in [1.29, 1.82) is 0 Å². The molecule has 0 aromatic rings. The molecule has 0 saturated heterocycles. The van der Waals surface area contributed by atoms with Gasteiger partial charge in [-0.1, -0.05) is 23.7 Å². The maximum Gasteiger partial charge on any atom is 0.0687 e. The van der Waals surface area contributed by atoms with Gasteiger partial charge in [0.05, 0.1) is 5.55 Å². The van der Waals surface area contributed by atoms with E-state index in [1.54, 1.807) is 5.55 Å². The highest BCUT2D eigenvalue weighted by molar-refractivity contribution is 8.42. The van der Waals surface area contributed by atoms with Crippen molar-refractivity contribution >= 4 is 15.9 Å². The summed E-state index contributed by atoms with van der Waals surface area (Å²) in [6, 6.07) is 0. The number of hydrogen-bond donors (Lipinski definition) is 1. The summed E-state index contributed by atoms with van der Waals surface area (Å²) in [6.45, 7) is 4.05. The third-order valence-corrected chi connectivity index (χ3v) is 3.80. The van der Waals surface area contributed by atoms with Crippen LogP contribution in [-0.2, 0) is 0 Å². The van der Waals surface area contributed by atoms with E-state index in [1.165, 1.54) is 0 Å². The van der Waals surface area contributed by atoms with Gasteiger partial charge in [0.15, 0.2) is 0 Å². The van der Waals surface area contributed by atoms with Crippen molar-refractivity contribution in [3.8, 4) is 0 Å². The summed E-state index contributed by atoms with van der Waals surface area (Å²) in [5.74, 6) is 0.879. The summed E-state index contributed by atoms with van der Waals surface area (Å²) < 4.78 is 9.85. The molecule has 1 unspecified atom stereocenters. The molecule has 0 bridgehead atoms. The molecule has 3 heteroatoms. The molecule has 1 heterocycles. The average Bonchev–Trinajstić information content (AvgIpc) is 2.28. The number of rotatable bonds is 3. The third kappa shape index (κ3) is 2.34. The minimum atomic E-state index is -1.57. The normalized spacial score (nSPS) is 35.0. The third-order valence-electron chi connectivity index (χ3n) is 1.64. The van der Waals surface area contributed by atoms with Gasteiger partial charge in [-0.15, -0.1) is 0 Å². The summed E-state index contributed by atoms with van der Waals surface area (Å²) in [5.41, 5.74) is 2.68. The Morgan fingerprint density at radius 2 is 2.36 bits per heavy atom. The van der Waals surface area contributed by atoms with Gasteiger partial charge in [0.25, 0.3) is 0 Å².